The molecule has 0 heterocycles. The Morgan fingerprint density at radius 1 is 1.18 bits per heavy atom. The van der Waals surface area contributed by atoms with Crippen LogP contribution in [-0.2, 0) is 0 Å². The van der Waals surface area contributed by atoms with Crippen LogP contribution in [-0.4, -0.2) is 12.9 Å². The molecule has 0 atom stereocenters. The lowest BCUT2D eigenvalue weighted by molar-refractivity contribution is 0.104. The first-order valence-corrected chi connectivity index (χ1v) is 7.07. The van der Waals surface area contributed by atoms with Gasteiger partial charge in [0.05, 0.1) is 17.2 Å². The number of allylic oxidation sites excluding steroid dienone is 1. The van der Waals surface area contributed by atoms with Gasteiger partial charge in [-0.1, -0.05) is 35.3 Å². The van der Waals surface area contributed by atoms with Crippen molar-refractivity contribution in [1.29, 1.82) is 5.26 Å². The van der Waals surface area contributed by atoms with E-state index >= 15 is 0 Å². The number of carbonyl (C=O) groups excluding carboxylic acids is 1. The molecule has 3 nitrogen and oxygen atoms in total. The summed E-state index contributed by atoms with van der Waals surface area (Å²) in [6, 6.07) is 13.5. The van der Waals surface area contributed by atoms with Crippen molar-refractivity contribution >= 4 is 35.1 Å². The highest BCUT2D eigenvalue weighted by Crippen LogP contribution is 2.27. The summed E-state index contributed by atoms with van der Waals surface area (Å²) in [6.07, 6.45) is 1.43. The lowest BCUT2D eigenvalue weighted by Gasteiger charge is -2.04. The van der Waals surface area contributed by atoms with Crippen LogP contribution in [0.5, 0.6) is 5.75 Å². The lowest BCUT2D eigenvalue weighted by atomic mass is 10.0. The first-order valence-electron chi connectivity index (χ1n) is 6.31. The number of carbonyl (C=O) groups is 1. The van der Waals surface area contributed by atoms with Crippen molar-refractivity contribution in [3.05, 3.63) is 69.2 Å². The minimum absolute atomic E-state index is 0.0191. The summed E-state index contributed by atoms with van der Waals surface area (Å²) in [5.41, 5.74) is 0.897. The Labute approximate surface area is 138 Å². The normalized spacial score (nSPS) is 10.9. The fourth-order valence-corrected chi connectivity index (χ4v) is 2.20. The summed E-state index contributed by atoms with van der Waals surface area (Å²) < 4.78 is 5.04. The Balaban J connectivity index is 2.38. The van der Waals surface area contributed by atoms with Crippen molar-refractivity contribution in [2.45, 2.75) is 0 Å². The maximum absolute atomic E-state index is 12.4. The van der Waals surface area contributed by atoms with Crippen molar-refractivity contribution in [1.82, 2.24) is 0 Å². The Kier molecular flexibility index (Phi) is 5.21. The van der Waals surface area contributed by atoms with Crippen LogP contribution in [0.15, 0.2) is 48.0 Å². The van der Waals surface area contributed by atoms with Crippen LogP contribution in [0.25, 0.3) is 6.08 Å². The molecule has 0 aliphatic rings. The van der Waals surface area contributed by atoms with E-state index in [4.69, 9.17) is 27.9 Å². The molecular weight excluding hydrogens is 321 g/mol. The Bertz CT molecular complexity index is 774. The summed E-state index contributed by atoms with van der Waals surface area (Å²) >= 11 is 12.0. The second-order valence-electron chi connectivity index (χ2n) is 4.37. The third kappa shape index (κ3) is 3.48. The van der Waals surface area contributed by atoms with Crippen molar-refractivity contribution in [3.63, 3.8) is 0 Å². The monoisotopic (exact) mass is 331 g/mol. The SMILES string of the molecule is COc1ccc(C(=O)C(C#N)=Cc2cccc(Cl)c2Cl)cc1. The number of nitriles is 1. The smallest absolute Gasteiger partial charge is 0.203 e. The molecule has 0 fully saturated rings. The van der Waals surface area contributed by atoms with E-state index in [9.17, 15) is 10.1 Å². The van der Waals surface area contributed by atoms with Gasteiger partial charge < -0.3 is 4.74 Å². The minimum atomic E-state index is -0.388. The van der Waals surface area contributed by atoms with Crippen LogP contribution in [0.1, 0.15) is 15.9 Å². The molecule has 2 aromatic rings. The predicted octanol–water partition coefficient (Wildman–Crippen LogP) is 4.79. The van der Waals surface area contributed by atoms with Crippen molar-refractivity contribution in [2.75, 3.05) is 7.11 Å². The lowest BCUT2D eigenvalue weighted by Crippen LogP contribution is -2.02. The average molecular weight is 332 g/mol. The maximum Gasteiger partial charge on any atom is 0.203 e. The van der Waals surface area contributed by atoms with E-state index < -0.39 is 0 Å². The average Bonchev–Trinajstić information content (AvgIpc) is 2.55. The third-order valence-corrected chi connectivity index (χ3v) is 3.83. The van der Waals surface area contributed by atoms with Crippen molar-refractivity contribution in [3.8, 4) is 11.8 Å². The molecule has 22 heavy (non-hydrogen) atoms. The van der Waals surface area contributed by atoms with E-state index in [0.29, 0.717) is 26.9 Å². The number of ketones is 1. The standard InChI is InChI=1S/C17H11Cl2NO2/c1-22-14-7-5-11(6-8-14)17(21)13(10-20)9-12-3-2-4-15(18)16(12)19/h2-9H,1H3. The summed E-state index contributed by atoms with van der Waals surface area (Å²) in [4.78, 5) is 12.4. The van der Waals surface area contributed by atoms with Crippen LogP contribution < -0.4 is 4.74 Å². The van der Waals surface area contributed by atoms with Gasteiger partial charge in [-0.25, -0.2) is 0 Å². The molecule has 0 aliphatic carbocycles. The van der Waals surface area contributed by atoms with Gasteiger partial charge in [0.2, 0.25) is 5.78 Å². The minimum Gasteiger partial charge on any atom is -0.497 e. The Hall–Kier alpha value is -2.28. The predicted molar refractivity (Wildman–Crippen MR) is 87.4 cm³/mol. The zero-order valence-corrected chi connectivity index (χ0v) is 13.2. The van der Waals surface area contributed by atoms with Crippen molar-refractivity contribution < 1.29 is 9.53 Å². The summed E-state index contributed by atoms with van der Waals surface area (Å²) in [6.45, 7) is 0. The number of ether oxygens (including phenoxy) is 1. The molecule has 0 radical (unpaired) electrons. The van der Waals surface area contributed by atoms with Crippen LogP contribution in [0.4, 0.5) is 0 Å². The van der Waals surface area contributed by atoms with Crippen LogP contribution in [0, 0.1) is 11.3 Å². The van der Waals surface area contributed by atoms with Gasteiger partial charge in [-0.2, -0.15) is 5.26 Å². The summed E-state index contributed by atoms with van der Waals surface area (Å²) in [5, 5.41) is 9.91. The van der Waals surface area contributed by atoms with Gasteiger partial charge in [0.1, 0.15) is 17.4 Å². The molecule has 0 saturated heterocycles. The Morgan fingerprint density at radius 2 is 1.86 bits per heavy atom. The van der Waals surface area contributed by atoms with Gasteiger partial charge in [0, 0.05) is 5.56 Å². The maximum atomic E-state index is 12.4. The van der Waals surface area contributed by atoms with Gasteiger partial charge >= 0.3 is 0 Å². The number of nitrogens with zero attached hydrogens (tertiary/aromatic N) is 1. The molecule has 0 N–H and O–H groups in total. The van der Waals surface area contributed by atoms with Crippen molar-refractivity contribution in [2.24, 2.45) is 0 Å². The molecule has 0 unspecified atom stereocenters. The number of benzene rings is 2. The highest BCUT2D eigenvalue weighted by atomic mass is 35.5. The fourth-order valence-electron chi connectivity index (χ4n) is 1.83. The quantitative estimate of drug-likeness (QED) is 0.459. The Morgan fingerprint density at radius 3 is 2.45 bits per heavy atom. The zero-order valence-electron chi connectivity index (χ0n) is 11.6. The first kappa shape index (κ1) is 16.1. The fraction of sp³-hybridized carbons (Fsp3) is 0.0588. The summed E-state index contributed by atoms with van der Waals surface area (Å²) in [5.74, 6) is 0.248. The summed E-state index contributed by atoms with van der Waals surface area (Å²) in [7, 11) is 1.54. The molecule has 0 saturated carbocycles. The number of halogens is 2. The van der Waals surface area contributed by atoms with Gasteiger partial charge in [-0.15, -0.1) is 0 Å². The van der Waals surface area contributed by atoms with Gasteiger partial charge in [-0.05, 0) is 42.0 Å². The highest BCUT2D eigenvalue weighted by molar-refractivity contribution is 6.43. The highest BCUT2D eigenvalue weighted by Gasteiger charge is 2.13. The number of hydrogen-bond acceptors (Lipinski definition) is 3. The van der Waals surface area contributed by atoms with E-state index in [2.05, 4.69) is 0 Å². The van der Waals surface area contributed by atoms with Gasteiger partial charge in [0.25, 0.3) is 0 Å². The molecule has 110 valence electrons. The van der Waals surface area contributed by atoms with Crippen LogP contribution in [0.2, 0.25) is 10.0 Å². The second-order valence-corrected chi connectivity index (χ2v) is 5.16. The molecule has 0 bridgehead atoms. The number of hydrogen-bond donors (Lipinski definition) is 0. The van der Waals surface area contributed by atoms with E-state index in [1.165, 1.54) is 6.08 Å². The molecule has 0 aromatic heterocycles. The third-order valence-electron chi connectivity index (χ3n) is 3.00. The number of Topliss-reactive ketones (excluding diaryl/α,β-unsaturated/α-hetero) is 1. The van der Waals surface area contributed by atoms with Gasteiger partial charge in [0.15, 0.2) is 0 Å². The molecular formula is C17H11Cl2NO2. The largest absolute Gasteiger partial charge is 0.497 e. The number of methoxy groups -OCH3 is 1. The molecule has 5 heteroatoms. The van der Waals surface area contributed by atoms with Crippen LogP contribution in [0.3, 0.4) is 0 Å². The molecule has 2 rings (SSSR count). The second kappa shape index (κ2) is 7.13. The van der Waals surface area contributed by atoms with E-state index in [-0.39, 0.29) is 11.4 Å². The first-order chi connectivity index (χ1) is 10.6. The van der Waals surface area contributed by atoms with E-state index in [1.807, 2.05) is 6.07 Å². The molecule has 2 aromatic carbocycles. The molecule has 0 aliphatic heterocycles. The molecule has 0 spiro atoms. The molecule has 0 amide bonds. The van der Waals surface area contributed by atoms with E-state index in [0.717, 1.165) is 0 Å². The number of rotatable bonds is 4. The zero-order chi connectivity index (χ0) is 16.1. The van der Waals surface area contributed by atoms with E-state index in [1.54, 1.807) is 49.6 Å². The van der Waals surface area contributed by atoms with Crippen LogP contribution >= 0.6 is 23.2 Å². The van der Waals surface area contributed by atoms with Gasteiger partial charge in [-0.3, -0.25) is 4.79 Å². The topological polar surface area (TPSA) is 50.1 Å².